The first-order chi connectivity index (χ1) is 12.2. The topological polar surface area (TPSA) is 87.5 Å². The second kappa shape index (κ2) is 7.98. The highest BCUT2D eigenvalue weighted by molar-refractivity contribution is 5.91. The van der Waals surface area contributed by atoms with Crippen molar-refractivity contribution in [1.29, 1.82) is 0 Å². The van der Waals surface area contributed by atoms with Gasteiger partial charge in [-0.3, -0.25) is 4.79 Å². The predicted octanol–water partition coefficient (Wildman–Crippen LogP) is 1.40. The van der Waals surface area contributed by atoms with E-state index in [1.54, 1.807) is 37.2 Å². The molecule has 0 radical (unpaired) electrons. The summed E-state index contributed by atoms with van der Waals surface area (Å²) in [7, 11) is 3.18. The number of nitrogens with one attached hydrogen (secondary N) is 1. The molecule has 0 bridgehead atoms. The molecule has 1 aliphatic heterocycles. The average Bonchev–Trinajstić information content (AvgIpc) is 3.32. The van der Waals surface area contributed by atoms with Gasteiger partial charge in [-0.1, -0.05) is 5.21 Å². The summed E-state index contributed by atoms with van der Waals surface area (Å²) in [6.07, 6.45) is 3.87. The maximum Gasteiger partial charge on any atom is 0.273 e. The minimum Gasteiger partial charge on any atom is -0.497 e. The fourth-order valence-electron chi connectivity index (χ4n) is 2.77. The van der Waals surface area contributed by atoms with Crippen molar-refractivity contribution >= 4 is 5.91 Å². The third kappa shape index (κ3) is 4.27. The van der Waals surface area contributed by atoms with E-state index in [2.05, 4.69) is 15.6 Å². The number of hydrogen-bond donors (Lipinski definition) is 1. The number of benzene rings is 1. The van der Waals surface area contributed by atoms with Gasteiger partial charge in [0.05, 0.1) is 33.1 Å². The molecule has 2 heterocycles. The van der Waals surface area contributed by atoms with Gasteiger partial charge in [0, 0.05) is 18.7 Å². The monoisotopic (exact) mass is 346 g/mol. The summed E-state index contributed by atoms with van der Waals surface area (Å²) in [4.78, 5) is 12.3. The molecule has 1 atom stereocenters. The molecule has 8 heteroatoms. The van der Waals surface area contributed by atoms with Gasteiger partial charge in [-0.2, -0.15) is 0 Å². The number of ether oxygens (including phenoxy) is 3. The molecule has 0 aliphatic carbocycles. The summed E-state index contributed by atoms with van der Waals surface area (Å²) in [5.41, 5.74) is 1.10. The van der Waals surface area contributed by atoms with E-state index < -0.39 is 0 Å². The summed E-state index contributed by atoms with van der Waals surface area (Å²) < 4.78 is 17.7. The summed E-state index contributed by atoms with van der Waals surface area (Å²) in [6.45, 7) is 1.71. The zero-order valence-electron chi connectivity index (χ0n) is 14.4. The number of nitrogens with zero attached hydrogens (tertiary/aromatic N) is 3. The number of carbonyl (C=O) groups excluding carboxylic acids is 1. The van der Waals surface area contributed by atoms with Crippen molar-refractivity contribution in [3.8, 4) is 11.5 Å². The van der Waals surface area contributed by atoms with Crippen LogP contribution in [0.25, 0.3) is 0 Å². The highest BCUT2D eigenvalue weighted by Gasteiger charge is 2.18. The Hall–Kier alpha value is -2.61. The van der Waals surface area contributed by atoms with Gasteiger partial charge < -0.3 is 19.5 Å². The van der Waals surface area contributed by atoms with Gasteiger partial charge in [0.1, 0.15) is 11.5 Å². The van der Waals surface area contributed by atoms with Crippen molar-refractivity contribution in [2.45, 2.75) is 32.0 Å². The summed E-state index contributed by atoms with van der Waals surface area (Å²) in [6, 6.07) is 5.44. The normalized spacial score (nSPS) is 16.6. The van der Waals surface area contributed by atoms with Crippen LogP contribution in [0.1, 0.15) is 28.9 Å². The smallest absolute Gasteiger partial charge is 0.273 e. The fraction of sp³-hybridized carbons (Fsp3) is 0.471. The van der Waals surface area contributed by atoms with Crippen LogP contribution in [0.2, 0.25) is 0 Å². The molecule has 8 nitrogen and oxygen atoms in total. The lowest BCUT2D eigenvalue weighted by molar-refractivity contribution is 0.0929. The third-order valence-electron chi connectivity index (χ3n) is 4.11. The minimum absolute atomic E-state index is 0.152. The largest absolute Gasteiger partial charge is 0.497 e. The second-order valence-corrected chi connectivity index (χ2v) is 5.82. The van der Waals surface area contributed by atoms with Crippen LogP contribution in [-0.4, -0.2) is 47.8 Å². The van der Waals surface area contributed by atoms with Crippen molar-refractivity contribution in [1.82, 2.24) is 20.3 Å². The Balaban J connectivity index is 1.60. The SMILES string of the molecule is COc1ccc(OC)c(CNC(=O)c2cn(CC3CCCO3)nn2)c1. The summed E-state index contributed by atoms with van der Waals surface area (Å²) >= 11 is 0. The van der Waals surface area contributed by atoms with E-state index in [9.17, 15) is 4.79 Å². The van der Waals surface area contributed by atoms with Gasteiger partial charge in [-0.25, -0.2) is 4.68 Å². The molecule has 25 heavy (non-hydrogen) atoms. The lowest BCUT2D eigenvalue weighted by Gasteiger charge is -2.11. The number of amides is 1. The number of methoxy groups -OCH3 is 2. The predicted molar refractivity (Wildman–Crippen MR) is 89.7 cm³/mol. The summed E-state index contributed by atoms with van der Waals surface area (Å²) in [5, 5.41) is 10.8. The van der Waals surface area contributed by atoms with E-state index in [4.69, 9.17) is 14.2 Å². The zero-order valence-corrected chi connectivity index (χ0v) is 14.4. The minimum atomic E-state index is -0.288. The Kier molecular flexibility index (Phi) is 5.49. The standard InChI is InChI=1S/C17H22N4O4/c1-23-13-5-6-16(24-2)12(8-13)9-18-17(22)15-11-21(20-19-15)10-14-4-3-7-25-14/h5-6,8,11,14H,3-4,7,9-10H2,1-2H3,(H,18,22). The van der Waals surface area contributed by atoms with Crippen molar-refractivity contribution in [3.63, 3.8) is 0 Å². The van der Waals surface area contributed by atoms with Crippen LogP contribution in [0, 0.1) is 0 Å². The highest BCUT2D eigenvalue weighted by Crippen LogP contribution is 2.23. The molecule has 1 saturated heterocycles. The quantitative estimate of drug-likeness (QED) is 0.815. The molecule has 1 unspecified atom stereocenters. The van der Waals surface area contributed by atoms with Crippen LogP contribution in [0.4, 0.5) is 0 Å². The van der Waals surface area contributed by atoms with Crippen LogP contribution < -0.4 is 14.8 Å². The molecular formula is C17H22N4O4. The first-order valence-electron chi connectivity index (χ1n) is 8.20. The molecule has 1 N–H and O–H groups in total. The highest BCUT2D eigenvalue weighted by atomic mass is 16.5. The lowest BCUT2D eigenvalue weighted by atomic mass is 10.2. The molecule has 1 aromatic carbocycles. The van der Waals surface area contributed by atoms with Gasteiger partial charge >= 0.3 is 0 Å². The van der Waals surface area contributed by atoms with Crippen LogP contribution in [0.3, 0.4) is 0 Å². The third-order valence-corrected chi connectivity index (χ3v) is 4.11. The Morgan fingerprint density at radius 2 is 2.28 bits per heavy atom. The molecule has 134 valence electrons. The fourth-order valence-corrected chi connectivity index (χ4v) is 2.77. The van der Waals surface area contributed by atoms with Crippen molar-refractivity contribution in [2.75, 3.05) is 20.8 Å². The molecular weight excluding hydrogens is 324 g/mol. The lowest BCUT2D eigenvalue weighted by Crippen LogP contribution is -2.23. The molecule has 1 fully saturated rings. The second-order valence-electron chi connectivity index (χ2n) is 5.82. The van der Waals surface area contributed by atoms with Crippen molar-refractivity contribution < 1.29 is 19.0 Å². The summed E-state index contributed by atoms with van der Waals surface area (Å²) in [5.74, 6) is 1.10. The molecule has 1 aromatic heterocycles. The van der Waals surface area contributed by atoms with Crippen molar-refractivity contribution in [2.24, 2.45) is 0 Å². The molecule has 0 spiro atoms. The Bertz CT molecular complexity index is 725. The van der Waals surface area contributed by atoms with Gasteiger partial charge in [0.15, 0.2) is 5.69 Å². The number of carbonyl (C=O) groups is 1. The maximum absolute atomic E-state index is 12.3. The van der Waals surface area contributed by atoms with E-state index >= 15 is 0 Å². The van der Waals surface area contributed by atoms with Crippen LogP contribution in [0.5, 0.6) is 11.5 Å². The molecule has 1 amide bonds. The van der Waals surface area contributed by atoms with Crippen LogP contribution in [-0.2, 0) is 17.8 Å². The van der Waals surface area contributed by atoms with Gasteiger partial charge in [0.25, 0.3) is 5.91 Å². The number of rotatable bonds is 7. The Labute approximate surface area is 146 Å². The van der Waals surface area contributed by atoms with Gasteiger partial charge in [-0.15, -0.1) is 5.10 Å². The molecule has 2 aromatic rings. The first-order valence-corrected chi connectivity index (χ1v) is 8.20. The van der Waals surface area contributed by atoms with Crippen LogP contribution in [0.15, 0.2) is 24.4 Å². The molecule has 0 saturated carbocycles. The van der Waals surface area contributed by atoms with E-state index in [0.29, 0.717) is 24.6 Å². The Morgan fingerprint density at radius 1 is 1.40 bits per heavy atom. The van der Waals surface area contributed by atoms with E-state index in [1.807, 2.05) is 6.07 Å². The molecule has 1 aliphatic rings. The zero-order chi connectivity index (χ0) is 17.6. The maximum atomic E-state index is 12.3. The van der Waals surface area contributed by atoms with E-state index in [-0.39, 0.29) is 17.7 Å². The molecule has 3 rings (SSSR count). The first kappa shape index (κ1) is 17.2. The van der Waals surface area contributed by atoms with Gasteiger partial charge in [0.2, 0.25) is 0 Å². The Morgan fingerprint density at radius 3 is 3.00 bits per heavy atom. The average molecular weight is 346 g/mol. The van der Waals surface area contributed by atoms with Gasteiger partial charge in [-0.05, 0) is 31.0 Å². The van der Waals surface area contributed by atoms with E-state index in [1.165, 1.54) is 0 Å². The van der Waals surface area contributed by atoms with Crippen LogP contribution >= 0.6 is 0 Å². The van der Waals surface area contributed by atoms with E-state index in [0.717, 1.165) is 25.0 Å². The number of aromatic nitrogens is 3. The number of hydrogen-bond acceptors (Lipinski definition) is 6. The van der Waals surface area contributed by atoms with Crippen molar-refractivity contribution in [3.05, 3.63) is 35.7 Å².